The van der Waals surface area contributed by atoms with Crippen LogP contribution in [-0.4, -0.2) is 78.3 Å². The zero-order valence-corrected chi connectivity index (χ0v) is 17.0. The predicted octanol–water partition coefficient (Wildman–Crippen LogP) is 2.35. The minimum atomic E-state index is -2.72. The summed E-state index contributed by atoms with van der Waals surface area (Å²) in [5.41, 5.74) is -0.708. The number of amides is 1. The van der Waals surface area contributed by atoms with E-state index in [9.17, 15) is 18.4 Å². The quantitative estimate of drug-likeness (QED) is 0.653. The second-order valence-electron chi connectivity index (χ2n) is 7.27. The number of carbonyl (C=O) groups excluding carboxylic acids is 2. The average molecular weight is 416 g/mol. The highest BCUT2D eigenvalue weighted by atomic mass is 19.3. The van der Waals surface area contributed by atoms with Crippen LogP contribution in [0.5, 0.6) is 5.88 Å². The van der Waals surface area contributed by atoms with E-state index in [0.717, 1.165) is 0 Å². The van der Waals surface area contributed by atoms with Crippen LogP contribution in [0.1, 0.15) is 38.1 Å². The molecule has 9 nitrogen and oxygen atoms in total. The Hall–Kier alpha value is -2.72. The summed E-state index contributed by atoms with van der Waals surface area (Å²) in [7, 11) is 0. The van der Waals surface area contributed by atoms with Crippen LogP contribution in [0.3, 0.4) is 0 Å². The van der Waals surface area contributed by atoms with Gasteiger partial charge in [-0.2, -0.15) is 4.98 Å². The molecule has 1 aromatic rings. The number of alkyl halides is 2. The second kappa shape index (κ2) is 9.66. The number of anilines is 1. The molecule has 0 aromatic carbocycles. The van der Waals surface area contributed by atoms with E-state index in [1.165, 1.54) is 6.20 Å². The third-order valence-electron chi connectivity index (χ3n) is 3.80. The van der Waals surface area contributed by atoms with Gasteiger partial charge in [0.1, 0.15) is 11.2 Å². The number of rotatable bonds is 6. The lowest BCUT2D eigenvalue weighted by Crippen LogP contribution is -2.50. The molecular weight excluding hydrogens is 390 g/mol. The van der Waals surface area contributed by atoms with Crippen LogP contribution < -0.4 is 9.64 Å². The van der Waals surface area contributed by atoms with E-state index in [0.29, 0.717) is 26.2 Å². The number of ether oxygens (including phenoxy) is 3. The van der Waals surface area contributed by atoms with Gasteiger partial charge in [-0.05, 0) is 27.7 Å². The van der Waals surface area contributed by atoms with E-state index in [4.69, 9.17) is 14.2 Å². The summed E-state index contributed by atoms with van der Waals surface area (Å²) in [6.45, 7) is 7.78. The molecule has 162 valence electrons. The lowest BCUT2D eigenvalue weighted by Gasteiger charge is -2.35. The van der Waals surface area contributed by atoms with Crippen molar-refractivity contribution < 1.29 is 32.6 Å². The Morgan fingerprint density at radius 2 is 1.86 bits per heavy atom. The number of nitrogens with zero attached hydrogens (tertiary/aromatic N) is 4. The smallest absolute Gasteiger partial charge is 0.410 e. The fraction of sp³-hybridized carbons (Fsp3) is 0.667. The molecular formula is C18H26F2N4O5. The number of carbonyl (C=O) groups is 2. The van der Waals surface area contributed by atoms with Crippen LogP contribution in [0.25, 0.3) is 0 Å². The zero-order valence-electron chi connectivity index (χ0n) is 17.0. The predicted molar refractivity (Wildman–Crippen MR) is 99.5 cm³/mol. The van der Waals surface area contributed by atoms with E-state index in [2.05, 4.69) is 9.97 Å². The lowest BCUT2D eigenvalue weighted by atomic mass is 10.2. The summed E-state index contributed by atoms with van der Waals surface area (Å²) in [6.07, 6.45) is -1.93. The first-order valence-electron chi connectivity index (χ1n) is 9.28. The van der Waals surface area contributed by atoms with Crippen molar-refractivity contribution in [2.24, 2.45) is 0 Å². The van der Waals surface area contributed by atoms with Gasteiger partial charge in [-0.1, -0.05) is 0 Å². The van der Waals surface area contributed by atoms with Gasteiger partial charge in [-0.15, -0.1) is 0 Å². The Morgan fingerprint density at radius 1 is 1.21 bits per heavy atom. The van der Waals surface area contributed by atoms with Crippen molar-refractivity contribution in [2.75, 3.05) is 44.3 Å². The minimum Gasteiger partial charge on any atom is -0.471 e. The van der Waals surface area contributed by atoms with Gasteiger partial charge in [0.15, 0.2) is 6.61 Å². The fourth-order valence-electron chi connectivity index (χ4n) is 2.53. The Labute approximate surface area is 167 Å². The average Bonchev–Trinajstić information content (AvgIpc) is 2.65. The first kappa shape index (κ1) is 22.6. The Kier molecular flexibility index (Phi) is 7.52. The van der Waals surface area contributed by atoms with E-state index in [1.54, 1.807) is 37.5 Å². The molecule has 11 heteroatoms. The van der Waals surface area contributed by atoms with Crippen molar-refractivity contribution in [1.82, 2.24) is 14.9 Å². The van der Waals surface area contributed by atoms with Gasteiger partial charge >= 0.3 is 12.1 Å². The number of esters is 1. The van der Waals surface area contributed by atoms with Gasteiger partial charge in [0, 0.05) is 26.2 Å². The molecule has 0 radical (unpaired) electrons. The molecule has 0 bridgehead atoms. The Balaban J connectivity index is 2.09. The summed E-state index contributed by atoms with van der Waals surface area (Å²) in [5, 5.41) is 0. The zero-order chi connectivity index (χ0) is 21.6. The summed E-state index contributed by atoms with van der Waals surface area (Å²) in [4.78, 5) is 35.7. The third kappa shape index (κ3) is 6.68. The molecule has 2 rings (SSSR count). The van der Waals surface area contributed by atoms with Gasteiger partial charge in [0.25, 0.3) is 6.43 Å². The summed E-state index contributed by atoms with van der Waals surface area (Å²) in [5.74, 6) is -0.799. The molecule has 29 heavy (non-hydrogen) atoms. The molecule has 0 aliphatic carbocycles. The SMILES string of the molecule is CCOC(=O)c1cnc(N2CCN(C(=O)OC(C)(C)C)CC2)nc1OCC(F)F. The van der Waals surface area contributed by atoms with Gasteiger partial charge in [0.2, 0.25) is 11.8 Å². The number of halogens is 2. The standard InChI is InChI=1S/C18H26F2N4O5/c1-5-27-15(25)12-10-21-16(22-14(12)28-11-13(19)20)23-6-8-24(9-7-23)17(26)29-18(2,3)4/h10,13H,5-9,11H2,1-4H3. The molecule has 1 saturated heterocycles. The normalized spacial score (nSPS) is 14.7. The maximum Gasteiger partial charge on any atom is 0.410 e. The Morgan fingerprint density at radius 3 is 2.41 bits per heavy atom. The van der Waals surface area contributed by atoms with E-state index in [-0.39, 0.29) is 24.0 Å². The maximum atomic E-state index is 12.5. The van der Waals surface area contributed by atoms with E-state index < -0.39 is 30.7 Å². The van der Waals surface area contributed by atoms with Crippen molar-refractivity contribution in [3.8, 4) is 5.88 Å². The molecule has 1 aromatic heterocycles. The van der Waals surface area contributed by atoms with Crippen LogP contribution in [0.15, 0.2) is 6.20 Å². The molecule has 0 unspecified atom stereocenters. The summed E-state index contributed by atoms with van der Waals surface area (Å²) in [6, 6.07) is 0. The van der Waals surface area contributed by atoms with E-state index in [1.807, 2.05) is 0 Å². The number of aromatic nitrogens is 2. The van der Waals surface area contributed by atoms with Gasteiger partial charge < -0.3 is 24.0 Å². The Bertz CT molecular complexity index is 719. The third-order valence-corrected chi connectivity index (χ3v) is 3.80. The van der Waals surface area contributed by atoms with Crippen LogP contribution >= 0.6 is 0 Å². The van der Waals surface area contributed by atoms with Crippen molar-refractivity contribution in [1.29, 1.82) is 0 Å². The van der Waals surface area contributed by atoms with Crippen molar-refractivity contribution in [3.05, 3.63) is 11.8 Å². The molecule has 1 aliphatic rings. The topological polar surface area (TPSA) is 94.1 Å². The molecule has 0 spiro atoms. The monoisotopic (exact) mass is 416 g/mol. The summed E-state index contributed by atoms with van der Waals surface area (Å²) < 4.78 is 40.3. The highest BCUT2D eigenvalue weighted by Crippen LogP contribution is 2.22. The molecule has 1 fully saturated rings. The number of hydrogen-bond acceptors (Lipinski definition) is 8. The highest BCUT2D eigenvalue weighted by Gasteiger charge is 2.28. The van der Waals surface area contributed by atoms with Crippen LogP contribution in [-0.2, 0) is 9.47 Å². The van der Waals surface area contributed by atoms with Crippen LogP contribution in [0.4, 0.5) is 19.5 Å². The molecule has 1 aliphatic heterocycles. The van der Waals surface area contributed by atoms with Gasteiger partial charge in [-0.25, -0.2) is 23.4 Å². The molecule has 1 amide bonds. The van der Waals surface area contributed by atoms with Crippen LogP contribution in [0.2, 0.25) is 0 Å². The van der Waals surface area contributed by atoms with Crippen LogP contribution in [0, 0.1) is 0 Å². The lowest BCUT2D eigenvalue weighted by molar-refractivity contribution is 0.0239. The first-order valence-corrected chi connectivity index (χ1v) is 9.28. The first-order chi connectivity index (χ1) is 13.6. The molecule has 2 heterocycles. The number of hydrogen-bond donors (Lipinski definition) is 0. The van der Waals surface area contributed by atoms with Gasteiger partial charge in [-0.3, -0.25) is 0 Å². The van der Waals surface area contributed by atoms with Gasteiger partial charge in [0.05, 0.1) is 12.8 Å². The van der Waals surface area contributed by atoms with Crippen molar-refractivity contribution in [3.63, 3.8) is 0 Å². The largest absolute Gasteiger partial charge is 0.471 e. The molecule has 0 N–H and O–H groups in total. The number of piperazine rings is 1. The van der Waals surface area contributed by atoms with Crippen molar-refractivity contribution in [2.45, 2.75) is 39.7 Å². The molecule has 0 saturated carbocycles. The molecule has 0 atom stereocenters. The van der Waals surface area contributed by atoms with E-state index >= 15 is 0 Å². The summed E-state index contributed by atoms with van der Waals surface area (Å²) >= 11 is 0. The van der Waals surface area contributed by atoms with Crippen molar-refractivity contribution >= 4 is 18.0 Å². The fourth-order valence-corrected chi connectivity index (χ4v) is 2.53. The second-order valence-corrected chi connectivity index (χ2v) is 7.27. The maximum absolute atomic E-state index is 12.5. The highest BCUT2D eigenvalue weighted by molar-refractivity contribution is 5.91. The minimum absolute atomic E-state index is 0.113.